The van der Waals surface area contributed by atoms with Crippen molar-refractivity contribution in [3.63, 3.8) is 0 Å². The van der Waals surface area contributed by atoms with E-state index in [1.807, 2.05) is 48.5 Å². The van der Waals surface area contributed by atoms with Gasteiger partial charge in [-0.05, 0) is 144 Å². The number of allylic oxidation sites excluding steroid dienone is 2. The minimum absolute atomic E-state index is 0. The third-order valence-corrected chi connectivity index (χ3v) is 12.6. The molecule has 2 aliphatic heterocycles. The number of benzene rings is 6. The van der Waals surface area contributed by atoms with Crippen molar-refractivity contribution < 1.29 is 19.8 Å². The van der Waals surface area contributed by atoms with Gasteiger partial charge < -0.3 is 40.3 Å². The minimum Gasteiger partial charge on any atom is -1.00 e. The molecule has 0 saturated carbocycles. The summed E-state index contributed by atoms with van der Waals surface area (Å²) in [6, 6.07) is 53.1. The second kappa shape index (κ2) is 26.1. The van der Waals surface area contributed by atoms with E-state index >= 15 is 0 Å². The molecule has 358 valence electrons. The Labute approximate surface area is 402 Å². The first-order valence-electron chi connectivity index (χ1n) is 23.2. The van der Waals surface area contributed by atoms with Gasteiger partial charge in [-0.2, -0.15) is 0 Å². The van der Waals surface area contributed by atoms with E-state index in [1.54, 1.807) is 12.1 Å². The van der Waals surface area contributed by atoms with Crippen LogP contribution in [0.5, 0.6) is 0 Å². The minimum atomic E-state index is -0.373. The van der Waals surface area contributed by atoms with Gasteiger partial charge in [-0.25, -0.2) is 0 Å². The highest BCUT2D eigenvalue weighted by Crippen LogP contribution is 2.38. The Hall–Kier alpha value is -6.63. The van der Waals surface area contributed by atoms with Crippen molar-refractivity contribution in [2.45, 2.75) is 33.1 Å². The van der Waals surface area contributed by atoms with Gasteiger partial charge in [0.1, 0.15) is 0 Å². The fraction of sp³-hybridized carbons (Fsp3) is 0.298. The lowest BCUT2D eigenvalue weighted by Crippen LogP contribution is -3.00. The summed E-state index contributed by atoms with van der Waals surface area (Å²) in [5.74, 6) is 0. The molecule has 4 N–H and O–H groups in total. The largest absolute Gasteiger partial charge is 1.00 e. The standard InChI is InChI=1S/C28H31N3O3.C28H33N3O.CH4.FH/c1-29-17-19-30(20-18-29)25-13-9-23(10-14-25)28(24-11-15-26(16-12-24)31(33)34)27(8-5-21-32)22-6-3-2-4-7-22;1-30-17-19-31(20-18-30)26-15-11-24(12-16-26)28(23-9-13-25(29)14-10-23)27(8-5-21-32)22-6-3-2-4-7-22;;/h2-4,6-7,9-16,32H,5,8,17-21H2,1H3;2-4,6-7,9-16,32H,5,8,17-21,29H2,1H3;1H4;1H/p-1/b28-27+;28-27-;;. The summed E-state index contributed by atoms with van der Waals surface area (Å²) in [5, 5.41) is 30.4. The van der Waals surface area contributed by atoms with Gasteiger partial charge >= 0.3 is 0 Å². The van der Waals surface area contributed by atoms with E-state index < -0.39 is 0 Å². The number of anilines is 3. The molecule has 8 rings (SSSR count). The van der Waals surface area contributed by atoms with Gasteiger partial charge in [-0.15, -0.1) is 0 Å². The van der Waals surface area contributed by atoms with E-state index in [4.69, 9.17) is 5.73 Å². The molecular formula is C57H68FN6O4-. The summed E-state index contributed by atoms with van der Waals surface area (Å²) in [6.45, 7) is 8.70. The maximum Gasteiger partial charge on any atom is 0.269 e. The van der Waals surface area contributed by atoms with Crippen molar-refractivity contribution in [3.05, 3.63) is 201 Å². The van der Waals surface area contributed by atoms with Gasteiger partial charge in [0, 0.05) is 94.8 Å². The number of likely N-dealkylation sites (N-methyl/N-ethyl adjacent to an activating group) is 2. The van der Waals surface area contributed by atoms with Gasteiger partial charge in [-0.3, -0.25) is 10.1 Å². The van der Waals surface area contributed by atoms with Gasteiger partial charge in [-0.1, -0.05) is 104 Å². The molecule has 0 aromatic heterocycles. The Kier molecular flexibility index (Phi) is 20.1. The molecule has 68 heavy (non-hydrogen) atoms. The number of nitrogens with two attached hydrogens (primary N) is 1. The molecule has 2 heterocycles. The normalized spacial score (nSPS) is 14.9. The fourth-order valence-corrected chi connectivity index (χ4v) is 8.85. The zero-order valence-electron chi connectivity index (χ0n) is 38.8. The number of nitrogen functional groups attached to an aromatic ring is 1. The van der Waals surface area contributed by atoms with Crippen LogP contribution in [0.25, 0.3) is 22.3 Å². The fourth-order valence-electron chi connectivity index (χ4n) is 8.85. The summed E-state index contributed by atoms with van der Waals surface area (Å²) < 4.78 is 0. The number of piperazine rings is 2. The van der Waals surface area contributed by atoms with Crippen LogP contribution in [-0.2, 0) is 0 Å². The molecule has 6 aromatic carbocycles. The Morgan fingerprint density at radius 2 is 0.824 bits per heavy atom. The molecule has 0 bridgehead atoms. The van der Waals surface area contributed by atoms with E-state index in [-0.39, 0.29) is 36.0 Å². The predicted molar refractivity (Wildman–Crippen MR) is 280 cm³/mol. The number of nitrogens with zero attached hydrogens (tertiary/aromatic N) is 5. The second-order valence-corrected chi connectivity index (χ2v) is 17.2. The monoisotopic (exact) mass is 920 g/mol. The molecular weight excluding hydrogens is 852 g/mol. The molecule has 0 atom stereocenters. The van der Waals surface area contributed by atoms with Crippen molar-refractivity contribution in [2.75, 3.05) is 95.2 Å². The smallest absolute Gasteiger partial charge is 0.269 e. The Morgan fingerprint density at radius 1 is 0.500 bits per heavy atom. The Bertz CT molecular complexity index is 2500. The van der Waals surface area contributed by atoms with E-state index in [0.717, 1.165) is 104 Å². The maximum absolute atomic E-state index is 11.2. The van der Waals surface area contributed by atoms with Gasteiger partial charge in [0.25, 0.3) is 5.69 Å². The quantitative estimate of drug-likeness (QED) is 0.0417. The average Bonchev–Trinajstić information content (AvgIpc) is 3.36. The first kappa shape index (κ1) is 52.3. The number of halogens is 1. The molecule has 2 aliphatic rings. The van der Waals surface area contributed by atoms with Crippen molar-refractivity contribution in [1.29, 1.82) is 0 Å². The van der Waals surface area contributed by atoms with Crippen LogP contribution in [0.3, 0.4) is 0 Å². The van der Waals surface area contributed by atoms with Crippen LogP contribution >= 0.6 is 0 Å². The number of nitro groups is 1. The summed E-state index contributed by atoms with van der Waals surface area (Å²) in [6.07, 6.45) is 2.87. The van der Waals surface area contributed by atoms with E-state index in [2.05, 4.69) is 131 Å². The van der Waals surface area contributed by atoms with E-state index in [9.17, 15) is 20.3 Å². The van der Waals surface area contributed by atoms with Crippen LogP contribution in [0, 0.1) is 10.1 Å². The number of hydrogen-bond acceptors (Lipinski definition) is 9. The molecule has 0 unspecified atom stereocenters. The van der Waals surface area contributed by atoms with E-state index in [0.29, 0.717) is 12.8 Å². The highest BCUT2D eigenvalue weighted by atomic mass is 19.0. The van der Waals surface area contributed by atoms with Gasteiger partial charge in [0.05, 0.1) is 4.92 Å². The first-order chi connectivity index (χ1) is 32.2. The molecule has 0 amide bonds. The number of rotatable bonds is 15. The maximum atomic E-state index is 11.2. The predicted octanol–water partition coefficient (Wildman–Crippen LogP) is 7.47. The topological polar surface area (TPSA) is 123 Å². The lowest BCUT2D eigenvalue weighted by molar-refractivity contribution is -0.384. The van der Waals surface area contributed by atoms with Crippen LogP contribution in [0.1, 0.15) is 66.5 Å². The van der Waals surface area contributed by atoms with Crippen LogP contribution in [-0.4, -0.2) is 105 Å². The van der Waals surface area contributed by atoms with Crippen LogP contribution in [0.15, 0.2) is 158 Å². The van der Waals surface area contributed by atoms with Gasteiger partial charge in [0.15, 0.2) is 0 Å². The Balaban J connectivity index is 0.000000247. The molecule has 2 saturated heterocycles. The third kappa shape index (κ3) is 13.7. The summed E-state index contributed by atoms with van der Waals surface area (Å²) >= 11 is 0. The number of nitro benzene ring substituents is 1. The third-order valence-electron chi connectivity index (χ3n) is 12.6. The van der Waals surface area contributed by atoms with Crippen molar-refractivity contribution in [3.8, 4) is 0 Å². The molecule has 0 spiro atoms. The van der Waals surface area contributed by atoms with Crippen molar-refractivity contribution in [2.24, 2.45) is 0 Å². The Morgan fingerprint density at radius 3 is 1.15 bits per heavy atom. The molecule has 0 aliphatic carbocycles. The first-order valence-corrected chi connectivity index (χ1v) is 23.2. The SMILES string of the molecule is C.CN1CCN(c2ccc(/C(=C(/CCCO)c3ccccc3)c3ccc(N)cc3)cc2)CC1.CN1CCN(c2ccc(/C(=C(/CCCO)c3ccccc3)c3ccc([N+](=O)[O-])cc3)cc2)CC1.[F-]. The molecule has 2 fully saturated rings. The van der Waals surface area contributed by atoms with E-state index in [1.165, 1.54) is 33.6 Å². The van der Waals surface area contributed by atoms with Crippen LogP contribution < -0.4 is 20.2 Å². The second-order valence-electron chi connectivity index (χ2n) is 17.2. The van der Waals surface area contributed by atoms with Crippen LogP contribution in [0.4, 0.5) is 22.7 Å². The summed E-state index contributed by atoms with van der Waals surface area (Å²) in [5.41, 5.74) is 20.5. The summed E-state index contributed by atoms with van der Waals surface area (Å²) in [7, 11) is 4.33. The van der Waals surface area contributed by atoms with Crippen molar-refractivity contribution >= 4 is 45.0 Å². The lowest BCUT2D eigenvalue weighted by Gasteiger charge is -2.34. The zero-order chi connectivity index (χ0) is 46.3. The zero-order valence-corrected chi connectivity index (χ0v) is 38.8. The van der Waals surface area contributed by atoms with Crippen LogP contribution in [0.2, 0.25) is 0 Å². The average molecular weight is 920 g/mol. The molecule has 6 aromatic rings. The molecule has 0 radical (unpaired) electrons. The number of aliphatic hydroxyl groups is 2. The van der Waals surface area contributed by atoms with Gasteiger partial charge in [0.2, 0.25) is 0 Å². The van der Waals surface area contributed by atoms with Crippen molar-refractivity contribution in [1.82, 2.24) is 9.80 Å². The number of aliphatic hydroxyl groups excluding tert-OH is 2. The molecule has 10 nitrogen and oxygen atoms in total. The molecule has 11 heteroatoms. The highest BCUT2D eigenvalue weighted by molar-refractivity contribution is 6.00. The number of hydrogen-bond donors (Lipinski definition) is 3. The highest BCUT2D eigenvalue weighted by Gasteiger charge is 2.20. The lowest BCUT2D eigenvalue weighted by atomic mass is 9.87. The number of non-ortho nitro benzene ring substituents is 1. The summed E-state index contributed by atoms with van der Waals surface area (Å²) in [4.78, 5) is 20.4.